The Balaban J connectivity index is 2.68. The SMILES string of the molecule is CCCOc1ccc(NC(=O)[C@@](C)(CC(C)C)OC)cn1. The van der Waals surface area contributed by atoms with E-state index in [1.165, 1.54) is 0 Å². The van der Waals surface area contributed by atoms with Crippen LogP contribution < -0.4 is 10.1 Å². The Morgan fingerprint density at radius 1 is 1.43 bits per heavy atom. The summed E-state index contributed by atoms with van der Waals surface area (Å²) in [6.07, 6.45) is 3.18. The third-order valence-corrected chi connectivity index (χ3v) is 3.18. The van der Waals surface area contributed by atoms with Gasteiger partial charge in [0.25, 0.3) is 5.91 Å². The number of nitrogens with zero attached hydrogens (tertiary/aromatic N) is 1. The van der Waals surface area contributed by atoms with Gasteiger partial charge in [0, 0.05) is 13.2 Å². The molecule has 1 amide bonds. The number of carbonyl (C=O) groups is 1. The van der Waals surface area contributed by atoms with Crippen LogP contribution in [0.3, 0.4) is 0 Å². The normalized spacial score (nSPS) is 13.8. The zero-order chi connectivity index (χ0) is 15.9. The highest BCUT2D eigenvalue weighted by Gasteiger charge is 2.33. The second kappa shape index (κ2) is 7.98. The molecule has 0 unspecified atom stereocenters. The van der Waals surface area contributed by atoms with Crippen LogP contribution in [0.4, 0.5) is 5.69 Å². The van der Waals surface area contributed by atoms with E-state index in [-0.39, 0.29) is 5.91 Å². The van der Waals surface area contributed by atoms with Crippen molar-refractivity contribution in [1.82, 2.24) is 4.98 Å². The average Bonchev–Trinajstić information content (AvgIpc) is 2.45. The fourth-order valence-electron chi connectivity index (χ4n) is 2.06. The van der Waals surface area contributed by atoms with E-state index in [1.54, 1.807) is 32.4 Å². The highest BCUT2D eigenvalue weighted by Crippen LogP contribution is 2.22. The molecule has 0 aliphatic carbocycles. The molecule has 0 saturated carbocycles. The van der Waals surface area contributed by atoms with E-state index in [4.69, 9.17) is 9.47 Å². The molecule has 0 spiro atoms. The first kappa shape index (κ1) is 17.4. The number of methoxy groups -OCH3 is 1. The quantitative estimate of drug-likeness (QED) is 0.799. The number of hydrogen-bond acceptors (Lipinski definition) is 4. The lowest BCUT2D eigenvalue weighted by Gasteiger charge is -2.28. The fourth-order valence-corrected chi connectivity index (χ4v) is 2.06. The number of rotatable bonds is 8. The smallest absolute Gasteiger partial charge is 0.256 e. The zero-order valence-corrected chi connectivity index (χ0v) is 13.6. The molecule has 118 valence electrons. The van der Waals surface area contributed by atoms with Crippen molar-refractivity contribution in [1.29, 1.82) is 0 Å². The molecule has 5 heteroatoms. The maximum Gasteiger partial charge on any atom is 0.256 e. The molecule has 1 rings (SSSR count). The Labute approximate surface area is 127 Å². The molecule has 21 heavy (non-hydrogen) atoms. The van der Waals surface area contributed by atoms with Crippen molar-refractivity contribution >= 4 is 11.6 Å². The van der Waals surface area contributed by atoms with Gasteiger partial charge in [-0.15, -0.1) is 0 Å². The molecule has 0 saturated heterocycles. The summed E-state index contributed by atoms with van der Waals surface area (Å²) in [5, 5.41) is 2.84. The van der Waals surface area contributed by atoms with E-state index in [0.29, 0.717) is 30.5 Å². The molecule has 1 aromatic rings. The zero-order valence-electron chi connectivity index (χ0n) is 13.6. The topological polar surface area (TPSA) is 60.5 Å². The summed E-state index contributed by atoms with van der Waals surface area (Å²) in [7, 11) is 1.56. The van der Waals surface area contributed by atoms with Gasteiger partial charge in [-0.1, -0.05) is 20.8 Å². The highest BCUT2D eigenvalue weighted by molar-refractivity contribution is 5.96. The lowest BCUT2D eigenvalue weighted by molar-refractivity contribution is -0.137. The van der Waals surface area contributed by atoms with Gasteiger partial charge in [0.1, 0.15) is 5.60 Å². The minimum absolute atomic E-state index is 0.164. The van der Waals surface area contributed by atoms with E-state index in [2.05, 4.69) is 24.1 Å². The number of aromatic nitrogens is 1. The van der Waals surface area contributed by atoms with Crippen molar-refractivity contribution in [2.24, 2.45) is 5.92 Å². The van der Waals surface area contributed by atoms with Gasteiger partial charge in [-0.3, -0.25) is 4.79 Å². The van der Waals surface area contributed by atoms with E-state index in [9.17, 15) is 4.79 Å². The van der Waals surface area contributed by atoms with Crippen molar-refractivity contribution in [2.45, 2.75) is 46.1 Å². The van der Waals surface area contributed by atoms with Crippen molar-refractivity contribution < 1.29 is 14.3 Å². The number of nitrogens with one attached hydrogen (secondary N) is 1. The summed E-state index contributed by atoms with van der Waals surface area (Å²) in [6.45, 7) is 8.59. The van der Waals surface area contributed by atoms with Gasteiger partial charge in [0.15, 0.2) is 0 Å². The predicted molar refractivity (Wildman–Crippen MR) is 83.5 cm³/mol. The van der Waals surface area contributed by atoms with E-state index < -0.39 is 5.60 Å². The van der Waals surface area contributed by atoms with Crippen LogP contribution in [-0.2, 0) is 9.53 Å². The largest absolute Gasteiger partial charge is 0.478 e. The lowest BCUT2D eigenvalue weighted by atomic mass is 9.93. The van der Waals surface area contributed by atoms with Crippen LogP contribution in [0.15, 0.2) is 18.3 Å². The van der Waals surface area contributed by atoms with Gasteiger partial charge in [0.2, 0.25) is 5.88 Å². The molecule has 0 aliphatic rings. The molecule has 0 aromatic carbocycles. The molecule has 1 aromatic heterocycles. The van der Waals surface area contributed by atoms with Gasteiger partial charge in [-0.2, -0.15) is 0 Å². The highest BCUT2D eigenvalue weighted by atomic mass is 16.5. The Bertz CT molecular complexity index is 445. The average molecular weight is 294 g/mol. The van der Waals surface area contributed by atoms with Crippen LogP contribution in [0.2, 0.25) is 0 Å². The van der Waals surface area contributed by atoms with E-state index in [0.717, 1.165) is 6.42 Å². The molecule has 0 radical (unpaired) electrons. The summed E-state index contributed by atoms with van der Waals surface area (Å²) in [5.41, 5.74) is -0.207. The molecule has 5 nitrogen and oxygen atoms in total. The van der Waals surface area contributed by atoms with Crippen molar-refractivity contribution in [2.75, 3.05) is 19.0 Å². The maximum absolute atomic E-state index is 12.4. The van der Waals surface area contributed by atoms with Crippen LogP contribution in [0.5, 0.6) is 5.88 Å². The Morgan fingerprint density at radius 3 is 2.62 bits per heavy atom. The predicted octanol–water partition coefficient (Wildman–Crippen LogP) is 3.26. The van der Waals surface area contributed by atoms with Crippen molar-refractivity contribution in [3.63, 3.8) is 0 Å². The first-order valence-electron chi connectivity index (χ1n) is 7.36. The minimum Gasteiger partial charge on any atom is -0.478 e. The van der Waals surface area contributed by atoms with Gasteiger partial charge in [-0.05, 0) is 31.7 Å². The molecule has 1 atom stereocenters. The summed E-state index contributed by atoms with van der Waals surface area (Å²) in [6, 6.07) is 3.53. The Hall–Kier alpha value is -1.62. The molecule has 0 fully saturated rings. The molecule has 0 aliphatic heterocycles. The molecular weight excluding hydrogens is 268 g/mol. The number of anilines is 1. The summed E-state index contributed by atoms with van der Waals surface area (Å²) in [5.74, 6) is 0.762. The third kappa shape index (κ3) is 5.34. The van der Waals surface area contributed by atoms with E-state index >= 15 is 0 Å². The van der Waals surface area contributed by atoms with Crippen LogP contribution in [-0.4, -0.2) is 30.2 Å². The van der Waals surface area contributed by atoms with Crippen LogP contribution in [0.25, 0.3) is 0 Å². The number of hydrogen-bond donors (Lipinski definition) is 1. The van der Waals surface area contributed by atoms with Crippen LogP contribution >= 0.6 is 0 Å². The van der Waals surface area contributed by atoms with Crippen LogP contribution in [0, 0.1) is 5.92 Å². The lowest BCUT2D eigenvalue weighted by Crippen LogP contribution is -2.43. The van der Waals surface area contributed by atoms with Crippen molar-refractivity contribution in [3.05, 3.63) is 18.3 Å². The monoisotopic (exact) mass is 294 g/mol. The van der Waals surface area contributed by atoms with E-state index in [1.807, 2.05) is 6.92 Å². The molecular formula is C16H26N2O3. The van der Waals surface area contributed by atoms with Gasteiger partial charge in [0.05, 0.1) is 18.5 Å². The molecule has 1 N–H and O–H groups in total. The molecule has 0 bridgehead atoms. The standard InChI is InChI=1S/C16H26N2O3/c1-6-9-21-14-8-7-13(11-17-14)18-15(19)16(4,20-5)10-12(2)3/h7-8,11-12H,6,9-10H2,1-5H3,(H,18,19)/t16-/m1/s1. The fraction of sp³-hybridized carbons (Fsp3) is 0.625. The summed E-state index contributed by atoms with van der Waals surface area (Å²) >= 11 is 0. The first-order chi connectivity index (χ1) is 9.91. The Kier molecular flexibility index (Phi) is 6.62. The van der Waals surface area contributed by atoms with Crippen LogP contribution in [0.1, 0.15) is 40.5 Å². The molecule has 1 heterocycles. The van der Waals surface area contributed by atoms with Gasteiger partial charge >= 0.3 is 0 Å². The maximum atomic E-state index is 12.4. The second-order valence-electron chi connectivity index (χ2n) is 5.72. The number of carbonyl (C=O) groups excluding carboxylic acids is 1. The first-order valence-corrected chi connectivity index (χ1v) is 7.36. The third-order valence-electron chi connectivity index (χ3n) is 3.18. The minimum atomic E-state index is -0.842. The Morgan fingerprint density at radius 2 is 2.14 bits per heavy atom. The van der Waals surface area contributed by atoms with Gasteiger partial charge in [-0.25, -0.2) is 4.98 Å². The van der Waals surface area contributed by atoms with Gasteiger partial charge < -0.3 is 14.8 Å². The van der Waals surface area contributed by atoms with Crippen molar-refractivity contribution in [3.8, 4) is 5.88 Å². The second-order valence-corrected chi connectivity index (χ2v) is 5.72. The number of pyridine rings is 1. The number of ether oxygens (including phenoxy) is 2. The summed E-state index contributed by atoms with van der Waals surface area (Å²) < 4.78 is 10.8. The summed E-state index contributed by atoms with van der Waals surface area (Å²) in [4.78, 5) is 16.5. The number of amides is 1.